The first-order valence-corrected chi connectivity index (χ1v) is 9.42. The summed E-state index contributed by atoms with van der Waals surface area (Å²) in [5.74, 6) is -0.531. The number of carbonyl (C=O) groups is 1. The van der Waals surface area contributed by atoms with Crippen molar-refractivity contribution in [2.75, 3.05) is 0 Å². The lowest BCUT2D eigenvalue weighted by Gasteiger charge is -2.36. The molecule has 0 aromatic heterocycles. The van der Waals surface area contributed by atoms with Crippen molar-refractivity contribution in [3.05, 3.63) is 11.6 Å². The van der Waals surface area contributed by atoms with E-state index in [2.05, 4.69) is 13.8 Å². The topological polar surface area (TPSA) is 71.6 Å². The van der Waals surface area contributed by atoms with E-state index in [4.69, 9.17) is 14.2 Å². The van der Waals surface area contributed by atoms with E-state index in [1.807, 2.05) is 6.92 Å². The molecule has 5 heteroatoms. The van der Waals surface area contributed by atoms with Gasteiger partial charge in [-0.3, -0.25) is 0 Å². The fourth-order valence-corrected chi connectivity index (χ4v) is 4.22. The average molecular weight is 352 g/mol. The van der Waals surface area contributed by atoms with Gasteiger partial charge in [-0.1, -0.05) is 6.08 Å². The zero-order valence-electron chi connectivity index (χ0n) is 16.3. The van der Waals surface area contributed by atoms with E-state index >= 15 is 0 Å². The van der Waals surface area contributed by atoms with Crippen molar-refractivity contribution in [3.8, 4) is 0 Å². The van der Waals surface area contributed by atoms with Crippen LogP contribution in [0.1, 0.15) is 67.2 Å². The van der Waals surface area contributed by atoms with Gasteiger partial charge in [0.1, 0.15) is 12.2 Å². The lowest BCUT2D eigenvalue weighted by molar-refractivity contribution is -0.155. The highest BCUT2D eigenvalue weighted by molar-refractivity contribution is 5.87. The summed E-state index contributed by atoms with van der Waals surface area (Å²) >= 11 is 0. The Morgan fingerprint density at radius 2 is 1.84 bits per heavy atom. The van der Waals surface area contributed by atoms with Gasteiger partial charge in [0.25, 0.3) is 0 Å². The van der Waals surface area contributed by atoms with Gasteiger partial charge in [0.05, 0.1) is 22.9 Å². The lowest BCUT2D eigenvalue weighted by Crippen LogP contribution is -2.46. The lowest BCUT2D eigenvalue weighted by atomic mass is 9.76. The fraction of sp³-hybridized carbons (Fsp3) is 0.850. The molecule has 25 heavy (non-hydrogen) atoms. The minimum atomic E-state index is -0.971. The van der Waals surface area contributed by atoms with E-state index in [1.54, 1.807) is 26.8 Å². The predicted molar refractivity (Wildman–Crippen MR) is 94.1 cm³/mol. The van der Waals surface area contributed by atoms with Gasteiger partial charge in [-0.05, 0) is 67.2 Å². The first-order valence-electron chi connectivity index (χ1n) is 9.42. The molecule has 0 unspecified atom stereocenters. The molecule has 1 N–H and O–H groups in total. The summed E-state index contributed by atoms with van der Waals surface area (Å²) in [6.45, 7) is 11.4. The maximum Gasteiger partial charge on any atom is 0.333 e. The largest absolute Gasteiger partial charge is 0.456 e. The van der Waals surface area contributed by atoms with Crippen LogP contribution in [0.5, 0.6) is 0 Å². The quantitative estimate of drug-likeness (QED) is 0.480. The number of carbonyl (C=O) groups excluding carboxylic acids is 1. The SMILES string of the molecule is C/C=C(/C)C(=O)O[C@@H]1[C@H](C(C)(C)O)CC[C@@]2(C)O[C@@H]2CC[C@@]2(C)O[C@@H]12. The molecular formula is C20H32O5. The number of aliphatic hydroxyl groups is 1. The summed E-state index contributed by atoms with van der Waals surface area (Å²) < 4.78 is 17.8. The average Bonchev–Trinajstić information content (AvgIpc) is 3.37. The summed E-state index contributed by atoms with van der Waals surface area (Å²) in [5, 5.41) is 10.8. The van der Waals surface area contributed by atoms with Crippen molar-refractivity contribution in [2.45, 2.75) is 102 Å². The van der Waals surface area contributed by atoms with Gasteiger partial charge in [-0.25, -0.2) is 4.79 Å². The van der Waals surface area contributed by atoms with Crippen LogP contribution in [0.3, 0.4) is 0 Å². The van der Waals surface area contributed by atoms with Crippen molar-refractivity contribution >= 4 is 5.97 Å². The Kier molecular flexibility index (Phi) is 4.58. The fourth-order valence-electron chi connectivity index (χ4n) is 4.22. The van der Waals surface area contributed by atoms with Gasteiger partial charge in [0.2, 0.25) is 0 Å². The van der Waals surface area contributed by atoms with E-state index in [0.29, 0.717) is 5.57 Å². The first kappa shape index (κ1) is 18.9. The Hall–Kier alpha value is -0.910. The molecule has 6 atom stereocenters. The van der Waals surface area contributed by atoms with Crippen molar-refractivity contribution in [2.24, 2.45) is 5.92 Å². The van der Waals surface area contributed by atoms with Crippen molar-refractivity contribution in [1.82, 2.24) is 0 Å². The molecule has 3 rings (SSSR count). The van der Waals surface area contributed by atoms with E-state index in [9.17, 15) is 9.90 Å². The smallest absolute Gasteiger partial charge is 0.333 e. The van der Waals surface area contributed by atoms with Gasteiger partial charge >= 0.3 is 5.97 Å². The Labute approximate surface area is 150 Å². The molecule has 1 aliphatic carbocycles. The highest BCUT2D eigenvalue weighted by atomic mass is 16.6. The Bertz CT molecular complexity index is 577. The van der Waals surface area contributed by atoms with Gasteiger partial charge in [-0.2, -0.15) is 0 Å². The third-order valence-corrected chi connectivity index (χ3v) is 6.43. The third kappa shape index (κ3) is 3.64. The summed E-state index contributed by atoms with van der Waals surface area (Å²) in [6.07, 6.45) is 4.84. The number of fused-ring (bicyclic) bond motifs is 2. The van der Waals surface area contributed by atoms with Crippen molar-refractivity contribution < 1.29 is 24.1 Å². The second-order valence-electron chi connectivity index (χ2n) is 8.95. The molecule has 0 spiro atoms. The highest BCUT2D eigenvalue weighted by Crippen LogP contribution is 2.53. The molecule has 142 valence electrons. The monoisotopic (exact) mass is 352 g/mol. The summed E-state index contributed by atoms with van der Waals surface area (Å²) in [4.78, 5) is 12.4. The van der Waals surface area contributed by atoms with Crippen molar-refractivity contribution in [3.63, 3.8) is 0 Å². The minimum absolute atomic E-state index is 0.116. The van der Waals surface area contributed by atoms with Gasteiger partial charge in [0.15, 0.2) is 0 Å². The molecule has 0 amide bonds. The summed E-state index contributed by atoms with van der Waals surface area (Å²) in [6, 6.07) is 0. The van der Waals surface area contributed by atoms with Crippen LogP contribution in [-0.4, -0.2) is 46.2 Å². The Morgan fingerprint density at radius 3 is 2.44 bits per heavy atom. The van der Waals surface area contributed by atoms with Gasteiger partial charge in [0, 0.05) is 11.5 Å². The van der Waals surface area contributed by atoms with Crippen molar-refractivity contribution in [1.29, 1.82) is 0 Å². The number of esters is 1. The molecule has 1 saturated carbocycles. The number of epoxide rings is 2. The van der Waals surface area contributed by atoms with Crippen LogP contribution in [0, 0.1) is 5.92 Å². The molecule has 0 bridgehead atoms. The molecule has 3 aliphatic rings. The van der Waals surface area contributed by atoms with E-state index in [-0.39, 0.29) is 35.3 Å². The number of ether oxygens (including phenoxy) is 3. The molecule has 0 radical (unpaired) electrons. The van der Waals surface area contributed by atoms with Crippen LogP contribution < -0.4 is 0 Å². The minimum Gasteiger partial charge on any atom is -0.456 e. The first-order chi connectivity index (χ1) is 11.5. The zero-order valence-corrected chi connectivity index (χ0v) is 16.3. The molecule has 3 fully saturated rings. The van der Waals surface area contributed by atoms with E-state index in [1.165, 1.54) is 0 Å². The molecule has 0 aromatic carbocycles. The second kappa shape index (κ2) is 6.07. The number of hydrogen-bond acceptors (Lipinski definition) is 5. The number of hydrogen-bond donors (Lipinski definition) is 1. The van der Waals surface area contributed by atoms with Crippen LogP contribution >= 0.6 is 0 Å². The van der Waals surface area contributed by atoms with Crippen LogP contribution in [-0.2, 0) is 19.0 Å². The van der Waals surface area contributed by atoms with Crippen LogP contribution in [0.2, 0.25) is 0 Å². The van der Waals surface area contributed by atoms with Crippen LogP contribution in [0.25, 0.3) is 0 Å². The number of allylic oxidation sites excluding steroid dienone is 1. The van der Waals surface area contributed by atoms with E-state index < -0.39 is 11.7 Å². The predicted octanol–water partition coefficient (Wildman–Crippen LogP) is 3.14. The number of rotatable bonds is 3. The molecular weight excluding hydrogens is 320 g/mol. The van der Waals surface area contributed by atoms with Gasteiger partial charge in [-0.15, -0.1) is 0 Å². The Balaban J connectivity index is 1.87. The molecule has 2 saturated heterocycles. The second-order valence-corrected chi connectivity index (χ2v) is 8.95. The molecule has 0 aromatic rings. The van der Waals surface area contributed by atoms with E-state index in [0.717, 1.165) is 25.7 Å². The highest BCUT2D eigenvalue weighted by Gasteiger charge is 2.63. The maximum absolute atomic E-state index is 12.4. The van der Waals surface area contributed by atoms with Crippen LogP contribution in [0.4, 0.5) is 0 Å². The third-order valence-electron chi connectivity index (χ3n) is 6.43. The standard InChI is InChI=1S/C20H32O5/c1-7-12(2)17(21)23-15-13(18(3,4)22)8-10-19(5)14(24-19)9-11-20(6)16(15)25-20/h7,13-16,22H,8-11H2,1-6H3/b12-7-/t13-,14-,15-,16+,19-,20-/m1/s1. The molecule has 2 aliphatic heterocycles. The zero-order chi connectivity index (χ0) is 18.6. The summed E-state index contributed by atoms with van der Waals surface area (Å²) in [7, 11) is 0. The molecule has 2 heterocycles. The van der Waals surface area contributed by atoms with Crippen LogP contribution in [0.15, 0.2) is 11.6 Å². The maximum atomic E-state index is 12.4. The molecule has 5 nitrogen and oxygen atoms in total. The van der Waals surface area contributed by atoms with Gasteiger partial charge < -0.3 is 19.3 Å². The Morgan fingerprint density at radius 1 is 1.20 bits per heavy atom. The summed E-state index contributed by atoms with van der Waals surface area (Å²) in [5.41, 5.74) is -0.814. The normalized spacial score (nSPS) is 44.4.